The van der Waals surface area contributed by atoms with Crippen molar-refractivity contribution >= 4 is 12.6 Å². The fraction of sp³-hybridized carbons (Fsp3) is 1.00. The van der Waals surface area contributed by atoms with Gasteiger partial charge in [-0.2, -0.15) is 12.6 Å². The van der Waals surface area contributed by atoms with Gasteiger partial charge in [0.1, 0.15) is 0 Å². The molecular weight excluding hydrogens is 149 g/mol. The largest absolute Gasteiger partial charge is 0.269 e. The summed E-state index contributed by atoms with van der Waals surface area (Å²) in [6, 6.07) is 0. The van der Waals surface area contributed by atoms with Crippen LogP contribution in [0.2, 0.25) is 0 Å². The predicted octanol–water partition coefficient (Wildman–Crippen LogP) is 2.56. The molecule has 0 saturated heterocycles. The van der Waals surface area contributed by atoms with Crippen LogP contribution in [0.3, 0.4) is 0 Å². The quantitative estimate of drug-likeness (QED) is 0.481. The van der Waals surface area contributed by atoms with Gasteiger partial charge in [-0.15, -0.1) is 0 Å². The van der Waals surface area contributed by atoms with Gasteiger partial charge in [0.2, 0.25) is 0 Å². The standard InChI is InChI=1S/C5H12S.3FH/c1-2-3-4-5-6;;;/h6H,2-5H2,1H3;3*1H. The highest BCUT2D eigenvalue weighted by Gasteiger charge is 1.75. The van der Waals surface area contributed by atoms with Gasteiger partial charge in [0.15, 0.2) is 0 Å². The first-order valence-corrected chi connectivity index (χ1v) is 3.16. The first kappa shape index (κ1) is 22.9. The summed E-state index contributed by atoms with van der Waals surface area (Å²) in [4.78, 5) is 0. The van der Waals surface area contributed by atoms with E-state index in [9.17, 15) is 0 Å². The molecule has 0 atom stereocenters. The third kappa shape index (κ3) is 31.1. The Labute approximate surface area is 59.5 Å². The fourth-order valence-electron chi connectivity index (χ4n) is 0.362. The summed E-state index contributed by atoms with van der Waals surface area (Å²) >= 11 is 4.05. The van der Waals surface area contributed by atoms with Crippen LogP contribution in [-0.2, 0) is 0 Å². The van der Waals surface area contributed by atoms with Crippen LogP contribution in [0, 0.1) is 0 Å². The number of hydrogen-bond acceptors (Lipinski definition) is 1. The highest BCUT2D eigenvalue weighted by atomic mass is 32.1. The Kier molecular flexibility index (Phi) is 61.7. The average Bonchev–Trinajstić information content (AvgIpc) is 1.61. The van der Waals surface area contributed by atoms with E-state index in [0.29, 0.717) is 0 Å². The van der Waals surface area contributed by atoms with Crippen molar-refractivity contribution in [3.05, 3.63) is 0 Å². The fourth-order valence-corrected chi connectivity index (χ4v) is 0.585. The molecule has 0 aromatic heterocycles. The molecule has 0 aliphatic heterocycles. The summed E-state index contributed by atoms with van der Waals surface area (Å²) in [6.07, 6.45) is 3.92. The SMILES string of the molecule is CCCCCS.F.F.F. The summed E-state index contributed by atoms with van der Waals surface area (Å²) in [5.41, 5.74) is 0. The van der Waals surface area contributed by atoms with Gasteiger partial charge in [-0.25, -0.2) is 0 Å². The minimum absolute atomic E-state index is 0. The van der Waals surface area contributed by atoms with Crippen molar-refractivity contribution in [2.45, 2.75) is 26.2 Å². The molecule has 9 heavy (non-hydrogen) atoms. The van der Waals surface area contributed by atoms with E-state index in [4.69, 9.17) is 0 Å². The lowest BCUT2D eigenvalue weighted by atomic mass is 10.3. The number of halogens is 3. The monoisotopic (exact) mass is 164 g/mol. The maximum absolute atomic E-state index is 4.05. The van der Waals surface area contributed by atoms with E-state index < -0.39 is 0 Å². The number of unbranched alkanes of at least 4 members (excludes halogenated alkanes) is 2. The van der Waals surface area contributed by atoms with Crippen molar-refractivity contribution in [3.8, 4) is 0 Å². The summed E-state index contributed by atoms with van der Waals surface area (Å²) in [7, 11) is 0. The molecule has 0 aromatic carbocycles. The normalized spacial score (nSPS) is 6.00. The molecule has 0 heterocycles. The Balaban J connectivity index is -0.0000000417. The highest BCUT2D eigenvalue weighted by Crippen LogP contribution is 1.93. The van der Waals surface area contributed by atoms with E-state index in [1.54, 1.807) is 0 Å². The van der Waals surface area contributed by atoms with Crippen LogP contribution in [-0.4, -0.2) is 5.75 Å². The van der Waals surface area contributed by atoms with Gasteiger partial charge in [-0.05, 0) is 12.2 Å². The molecule has 0 aliphatic rings. The maximum atomic E-state index is 4.05. The van der Waals surface area contributed by atoms with Gasteiger partial charge in [0, 0.05) is 0 Å². The van der Waals surface area contributed by atoms with Crippen molar-refractivity contribution in [1.29, 1.82) is 0 Å². The summed E-state index contributed by atoms with van der Waals surface area (Å²) in [5, 5.41) is 0. The molecule has 0 radical (unpaired) electrons. The van der Waals surface area contributed by atoms with Crippen LogP contribution in [0.15, 0.2) is 0 Å². The Bertz CT molecular complexity index is 24.2. The molecule has 0 nitrogen and oxygen atoms in total. The molecule has 0 N–H and O–H groups in total. The second-order valence-electron chi connectivity index (χ2n) is 1.43. The first-order chi connectivity index (χ1) is 2.91. The second-order valence-corrected chi connectivity index (χ2v) is 1.88. The molecular formula is C5H15F3S. The molecule has 0 amide bonds. The van der Waals surface area contributed by atoms with E-state index >= 15 is 0 Å². The number of hydrogen-bond donors (Lipinski definition) is 1. The van der Waals surface area contributed by atoms with Gasteiger partial charge in [0.05, 0.1) is 0 Å². The molecule has 0 unspecified atom stereocenters. The van der Waals surface area contributed by atoms with Crippen molar-refractivity contribution < 1.29 is 14.1 Å². The van der Waals surface area contributed by atoms with E-state index in [0.717, 1.165) is 5.75 Å². The van der Waals surface area contributed by atoms with Crippen LogP contribution in [0.25, 0.3) is 0 Å². The molecule has 0 aliphatic carbocycles. The zero-order valence-electron chi connectivity index (χ0n) is 5.50. The van der Waals surface area contributed by atoms with Crippen molar-refractivity contribution in [1.82, 2.24) is 0 Å². The van der Waals surface area contributed by atoms with Gasteiger partial charge in [-0.3, -0.25) is 14.1 Å². The van der Waals surface area contributed by atoms with E-state index in [1.807, 2.05) is 0 Å². The lowest BCUT2D eigenvalue weighted by Crippen LogP contribution is -1.70. The summed E-state index contributed by atoms with van der Waals surface area (Å²) < 4.78 is 0. The maximum Gasteiger partial charge on any atom is -0.00979 e. The molecule has 0 rings (SSSR count). The minimum atomic E-state index is 0. The third-order valence-electron chi connectivity index (χ3n) is 0.762. The molecule has 0 aromatic rings. The Morgan fingerprint density at radius 3 is 1.56 bits per heavy atom. The Morgan fingerprint density at radius 1 is 1.00 bits per heavy atom. The molecule has 4 heteroatoms. The Morgan fingerprint density at radius 2 is 1.44 bits per heavy atom. The van der Waals surface area contributed by atoms with Crippen LogP contribution in [0.4, 0.5) is 14.1 Å². The number of rotatable bonds is 3. The van der Waals surface area contributed by atoms with Crippen LogP contribution in [0.1, 0.15) is 26.2 Å². The lowest BCUT2D eigenvalue weighted by molar-refractivity contribution is 0.780. The lowest BCUT2D eigenvalue weighted by Gasteiger charge is -1.85. The highest BCUT2D eigenvalue weighted by molar-refractivity contribution is 7.80. The summed E-state index contributed by atoms with van der Waals surface area (Å²) in [6.45, 7) is 2.20. The van der Waals surface area contributed by atoms with Crippen molar-refractivity contribution in [2.75, 3.05) is 5.75 Å². The van der Waals surface area contributed by atoms with Gasteiger partial charge in [-0.1, -0.05) is 19.8 Å². The third-order valence-corrected chi connectivity index (χ3v) is 1.08. The Hall–Kier alpha value is 0.140. The molecule has 62 valence electrons. The molecule has 0 spiro atoms. The van der Waals surface area contributed by atoms with Gasteiger partial charge in [0.25, 0.3) is 0 Å². The molecule has 0 fully saturated rings. The average molecular weight is 164 g/mol. The van der Waals surface area contributed by atoms with E-state index in [2.05, 4.69) is 19.6 Å². The van der Waals surface area contributed by atoms with Crippen molar-refractivity contribution in [3.63, 3.8) is 0 Å². The van der Waals surface area contributed by atoms with E-state index in [-0.39, 0.29) is 14.1 Å². The second kappa shape index (κ2) is 24.2. The van der Waals surface area contributed by atoms with Gasteiger partial charge >= 0.3 is 0 Å². The smallest absolute Gasteiger partial charge is 0.00979 e. The van der Waals surface area contributed by atoms with E-state index in [1.165, 1.54) is 19.3 Å². The van der Waals surface area contributed by atoms with Gasteiger partial charge < -0.3 is 0 Å². The van der Waals surface area contributed by atoms with Crippen LogP contribution < -0.4 is 0 Å². The topological polar surface area (TPSA) is 0 Å². The van der Waals surface area contributed by atoms with Crippen LogP contribution >= 0.6 is 12.6 Å². The zero-order chi connectivity index (χ0) is 4.83. The molecule has 0 saturated carbocycles. The minimum Gasteiger partial charge on any atom is -0.269 e. The zero-order valence-corrected chi connectivity index (χ0v) is 6.39. The number of thiol groups is 1. The van der Waals surface area contributed by atoms with Crippen molar-refractivity contribution in [2.24, 2.45) is 0 Å². The first-order valence-electron chi connectivity index (χ1n) is 2.52. The summed E-state index contributed by atoms with van der Waals surface area (Å²) in [5.74, 6) is 1.05. The predicted molar refractivity (Wildman–Crippen MR) is 40.9 cm³/mol. The van der Waals surface area contributed by atoms with Crippen LogP contribution in [0.5, 0.6) is 0 Å². The molecule has 0 bridgehead atoms.